The summed E-state index contributed by atoms with van der Waals surface area (Å²) in [4.78, 5) is 0. The average Bonchev–Trinajstić information content (AvgIpc) is 2.33. The first-order valence-electron chi connectivity index (χ1n) is 6.25. The van der Waals surface area contributed by atoms with Gasteiger partial charge in [0, 0.05) is 11.5 Å². The zero-order chi connectivity index (χ0) is 14.5. The van der Waals surface area contributed by atoms with E-state index in [9.17, 15) is 8.78 Å². The largest absolute Gasteiger partial charge is 0.493 e. The van der Waals surface area contributed by atoms with Gasteiger partial charge in [-0.2, -0.15) is 0 Å². The molecule has 0 radical (unpaired) electrons. The van der Waals surface area contributed by atoms with Crippen LogP contribution < -0.4 is 10.5 Å². The predicted molar refractivity (Wildman–Crippen MR) is 71.4 cm³/mol. The minimum Gasteiger partial charge on any atom is -0.493 e. The third-order valence-electron chi connectivity index (χ3n) is 3.09. The van der Waals surface area contributed by atoms with Gasteiger partial charge < -0.3 is 10.5 Å². The van der Waals surface area contributed by atoms with E-state index in [1.165, 1.54) is 6.07 Å². The molecule has 0 spiro atoms. The van der Waals surface area contributed by atoms with Crippen LogP contribution in [0.3, 0.4) is 0 Å². The number of nitrogens with two attached hydrogens (primary N) is 1. The molecule has 1 aromatic carbocycles. The van der Waals surface area contributed by atoms with Gasteiger partial charge in [-0.3, -0.25) is 5.41 Å². The molecule has 0 saturated heterocycles. The fourth-order valence-electron chi connectivity index (χ4n) is 1.56. The smallest absolute Gasteiger partial charge is 0.162 e. The highest BCUT2D eigenvalue weighted by Crippen LogP contribution is 2.23. The van der Waals surface area contributed by atoms with Gasteiger partial charge in [0.15, 0.2) is 11.6 Å². The van der Waals surface area contributed by atoms with Crippen LogP contribution in [0.5, 0.6) is 5.75 Å². The van der Waals surface area contributed by atoms with Gasteiger partial charge in [0.1, 0.15) is 5.75 Å². The fraction of sp³-hybridized carbons (Fsp3) is 0.500. The third kappa shape index (κ3) is 4.85. The second-order valence-electron chi connectivity index (χ2n) is 5.18. The summed E-state index contributed by atoms with van der Waals surface area (Å²) in [6.07, 6.45) is 2.43. The van der Waals surface area contributed by atoms with Crippen molar-refractivity contribution >= 4 is 5.84 Å². The zero-order valence-corrected chi connectivity index (χ0v) is 11.3. The van der Waals surface area contributed by atoms with Crippen LogP contribution in [-0.2, 0) is 0 Å². The van der Waals surface area contributed by atoms with Crippen LogP contribution in [0, 0.1) is 22.5 Å². The highest BCUT2D eigenvalue weighted by atomic mass is 19.2. The van der Waals surface area contributed by atoms with Gasteiger partial charge in [0.2, 0.25) is 0 Å². The lowest BCUT2D eigenvalue weighted by molar-refractivity contribution is 0.294. The van der Waals surface area contributed by atoms with E-state index >= 15 is 0 Å². The monoisotopic (exact) mass is 270 g/mol. The van der Waals surface area contributed by atoms with E-state index in [0.717, 1.165) is 31.4 Å². The van der Waals surface area contributed by atoms with Crippen molar-refractivity contribution < 1.29 is 13.5 Å². The predicted octanol–water partition coefficient (Wildman–Crippen LogP) is 3.48. The van der Waals surface area contributed by atoms with E-state index in [0.29, 0.717) is 12.4 Å². The number of halogens is 2. The summed E-state index contributed by atoms with van der Waals surface area (Å²) in [5.41, 5.74) is 5.18. The molecule has 0 fully saturated rings. The third-order valence-corrected chi connectivity index (χ3v) is 3.09. The highest BCUT2D eigenvalue weighted by Gasteiger charge is 2.20. The molecule has 0 aliphatic carbocycles. The molecular weight excluding hydrogens is 250 g/mol. The Bertz CT molecular complexity index is 447. The molecular formula is C14H20F2N2O. The second-order valence-corrected chi connectivity index (χ2v) is 5.18. The summed E-state index contributed by atoms with van der Waals surface area (Å²) in [6, 6.07) is 3.48. The lowest BCUT2D eigenvalue weighted by atomic mass is 9.86. The molecule has 0 aliphatic heterocycles. The Hall–Kier alpha value is -1.65. The molecule has 1 aromatic rings. The van der Waals surface area contributed by atoms with Gasteiger partial charge in [-0.1, -0.05) is 13.8 Å². The molecule has 19 heavy (non-hydrogen) atoms. The van der Waals surface area contributed by atoms with E-state index in [1.54, 1.807) is 0 Å². The Kier molecular flexibility index (Phi) is 5.27. The number of benzene rings is 1. The molecule has 0 unspecified atom stereocenters. The van der Waals surface area contributed by atoms with Crippen molar-refractivity contribution in [3.8, 4) is 5.75 Å². The van der Waals surface area contributed by atoms with Crippen LogP contribution in [0.25, 0.3) is 0 Å². The molecule has 106 valence electrons. The number of amidine groups is 1. The normalized spacial score (nSPS) is 11.4. The number of hydrogen-bond donors (Lipinski definition) is 2. The van der Waals surface area contributed by atoms with Gasteiger partial charge >= 0.3 is 0 Å². The minimum absolute atomic E-state index is 0.175. The summed E-state index contributed by atoms with van der Waals surface area (Å²) in [5.74, 6) is -1.29. The topological polar surface area (TPSA) is 59.1 Å². The van der Waals surface area contributed by atoms with Gasteiger partial charge in [-0.25, -0.2) is 8.78 Å². The van der Waals surface area contributed by atoms with Crippen molar-refractivity contribution in [2.75, 3.05) is 6.61 Å². The highest BCUT2D eigenvalue weighted by molar-refractivity contribution is 5.82. The van der Waals surface area contributed by atoms with Gasteiger partial charge in [0.05, 0.1) is 12.4 Å². The number of rotatable bonds is 7. The molecule has 0 heterocycles. The maximum atomic E-state index is 12.9. The molecule has 1 rings (SSSR count). The summed E-state index contributed by atoms with van der Waals surface area (Å²) >= 11 is 0. The number of ether oxygens (including phenoxy) is 1. The number of unbranched alkanes of at least 4 members (excludes halogenated alkanes) is 1. The average molecular weight is 270 g/mol. The van der Waals surface area contributed by atoms with Crippen molar-refractivity contribution in [2.24, 2.45) is 11.1 Å². The van der Waals surface area contributed by atoms with E-state index in [1.807, 2.05) is 13.8 Å². The lowest BCUT2D eigenvalue weighted by Crippen LogP contribution is -2.30. The molecule has 3 N–H and O–H groups in total. The minimum atomic E-state index is -0.907. The summed E-state index contributed by atoms with van der Waals surface area (Å²) < 4.78 is 30.9. The van der Waals surface area contributed by atoms with Crippen LogP contribution in [0.4, 0.5) is 8.78 Å². The SMILES string of the molecule is CC(C)(CCCCOc1ccc(F)c(F)c1)C(=N)N. The quantitative estimate of drug-likeness (QED) is 0.453. The van der Waals surface area contributed by atoms with Crippen LogP contribution in [0.2, 0.25) is 0 Å². The second kappa shape index (κ2) is 6.50. The molecule has 5 heteroatoms. The Morgan fingerprint density at radius 2 is 1.95 bits per heavy atom. The van der Waals surface area contributed by atoms with Crippen molar-refractivity contribution in [1.29, 1.82) is 5.41 Å². The molecule has 0 atom stereocenters. The molecule has 3 nitrogen and oxygen atoms in total. The Morgan fingerprint density at radius 1 is 1.26 bits per heavy atom. The summed E-state index contributed by atoms with van der Waals surface area (Å²) in [5, 5.41) is 7.43. The van der Waals surface area contributed by atoms with E-state index in [2.05, 4.69) is 0 Å². The molecule has 0 bridgehead atoms. The van der Waals surface area contributed by atoms with Crippen molar-refractivity contribution in [3.63, 3.8) is 0 Å². The number of nitrogens with one attached hydrogen (secondary N) is 1. The van der Waals surface area contributed by atoms with Crippen LogP contribution in [0.1, 0.15) is 33.1 Å². The van der Waals surface area contributed by atoms with E-state index in [4.69, 9.17) is 15.9 Å². The standard InChI is InChI=1S/C14H20F2N2O/c1-14(2,13(17)18)7-3-4-8-19-10-5-6-11(15)12(16)9-10/h5-6,9H,3-4,7-8H2,1-2H3,(H3,17,18). The van der Waals surface area contributed by atoms with E-state index < -0.39 is 11.6 Å². The molecule has 0 aromatic heterocycles. The molecule has 0 aliphatic rings. The maximum Gasteiger partial charge on any atom is 0.162 e. The zero-order valence-electron chi connectivity index (χ0n) is 11.3. The van der Waals surface area contributed by atoms with Crippen molar-refractivity contribution in [3.05, 3.63) is 29.8 Å². The fourth-order valence-corrected chi connectivity index (χ4v) is 1.56. The van der Waals surface area contributed by atoms with Gasteiger partial charge in [0.25, 0.3) is 0 Å². The molecule has 0 saturated carbocycles. The van der Waals surface area contributed by atoms with Crippen LogP contribution in [-0.4, -0.2) is 12.4 Å². The van der Waals surface area contributed by atoms with E-state index in [-0.39, 0.29) is 11.3 Å². The van der Waals surface area contributed by atoms with Crippen LogP contribution >= 0.6 is 0 Å². The van der Waals surface area contributed by atoms with Gasteiger partial charge in [-0.05, 0) is 31.4 Å². The van der Waals surface area contributed by atoms with Gasteiger partial charge in [-0.15, -0.1) is 0 Å². The first-order valence-corrected chi connectivity index (χ1v) is 6.25. The maximum absolute atomic E-state index is 12.9. The first-order chi connectivity index (χ1) is 8.83. The Morgan fingerprint density at radius 3 is 2.53 bits per heavy atom. The Labute approximate surface area is 112 Å². The Balaban J connectivity index is 2.28. The van der Waals surface area contributed by atoms with Crippen LogP contribution in [0.15, 0.2) is 18.2 Å². The van der Waals surface area contributed by atoms with Crippen molar-refractivity contribution in [1.82, 2.24) is 0 Å². The first kappa shape index (κ1) is 15.4. The summed E-state index contributed by atoms with van der Waals surface area (Å²) in [7, 11) is 0. The lowest BCUT2D eigenvalue weighted by Gasteiger charge is -2.22. The van der Waals surface area contributed by atoms with Crippen molar-refractivity contribution in [2.45, 2.75) is 33.1 Å². The molecule has 0 amide bonds. The number of hydrogen-bond acceptors (Lipinski definition) is 2. The summed E-state index contributed by atoms with van der Waals surface area (Å²) in [6.45, 7) is 4.27.